The van der Waals surface area contributed by atoms with Crippen LogP contribution in [0.15, 0.2) is 12.2 Å². The van der Waals surface area contributed by atoms with Crippen LogP contribution in [0.1, 0.15) is 58.3 Å². The zero-order valence-electron chi connectivity index (χ0n) is 14.7. The van der Waals surface area contributed by atoms with Gasteiger partial charge in [-0.25, -0.2) is 0 Å². The minimum absolute atomic E-state index is 0.0441. The van der Waals surface area contributed by atoms with Gasteiger partial charge in [-0.05, 0) is 12.8 Å². The van der Waals surface area contributed by atoms with Crippen molar-refractivity contribution in [3.8, 4) is 0 Å². The second-order valence-electron chi connectivity index (χ2n) is 5.63. The van der Waals surface area contributed by atoms with Crippen LogP contribution in [0, 0.1) is 5.92 Å². The monoisotopic (exact) mass is 344 g/mol. The van der Waals surface area contributed by atoms with Crippen molar-refractivity contribution in [2.24, 2.45) is 5.92 Å². The fourth-order valence-corrected chi connectivity index (χ4v) is 2.01. The van der Waals surface area contributed by atoms with Crippen LogP contribution in [0.3, 0.4) is 0 Å². The number of allylic oxidation sites excluding steroid dienone is 1. The summed E-state index contributed by atoms with van der Waals surface area (Å²) in [6.07, 6.45) is 9.73. The standard InChI is InChI=1S/C18H32O6/c1-2-3-4-5-6-7-10-16(18(22)24-14-9-12-20)15-17(21)23-13-8-11-19/h7,10,16,19-20H,2-6,8-9,11-15H2,1H3. The molecule has 0 bridgehead atoms. The predicted octanol–water partition coefficient (Wildman–Crippen LogP) is 2.37. The average Bonchev–Trinajstić information content (AvgIpc) is 2.57. The summed E-state index contributed by atoms with van der Waals surface area (Å²) in [5, 5.41) is 17.4. The Balaban J connectivity index is 4.38. The summed E-state index contributed by atoms with van der Waals surface area (Å²) in [6.45, 7) is 2.33. The Bertz CT molecular complexity index is 353. The van der Waals surface area contributed by atoms with Gasteiger partial charge >= 0.3 is 11.9 Å². The van der Waals surface area contributed by atoms with Crippen molar-refractivity contribution in [3.63, 3.8) is 0 Å². The molecule has 0 amide bonds. The Kier molecular flexibility index (Phi) is 15.5. The molecule has 0 aliphatic carbocycles. The molecule has 24 heavy (non-hydrogen) atoms. The van der Waals surface area contributed by atoms with Crippen molar-refractivity contribution in [3.05, 3.63) is 12.2 Å². The molecule has 0 aromatic rings. The maximum Gasteiger partial charge on any atom is 0.313 e. The lowest BCUT2D eigenvalue weighted by Gasteiger charge is -2.12. The third-order valence-corrected chi connectivity index (χ3v) is 3.39. The van der Waals surface area contributed by atoms with Gasteiger partial charge in [0.1, 0.15) is 0 Å². The Morgan fingerprint density at radius 1 is 0.958 bits per heavy atom. The van der Waals surface area contributed by atoms with Crippen molar-refractivity contribution < 1.29 is 29.3 Å². The first-order chi connectivity index (χ1) is 11.7. The van der Waals surface area contributed by atoms with Crippen LogP contribution in [0.5, 0.6) is 0 Å². The number of ether oxygens (including phenoxy) is 2. The third kappa shape index (κ3) is 13.1. The number of carbonyl (C=O) groups excluding carboxylic acids is 2. The zero-order chi connectivity index (χ0) is 18.0. The van der Waals surface area contributed by atoms with Crippen molar-refractivity contribution >= 4 is 11.9 Å². The van der Waals surface area contributed by atoms with E-state index in [0.29, 0.717) is 12.8 Å². The molecular formula is C18H32O6. The average molecular weight is 344 g/mol. The Morgan fingerprint density at radius 3 is 2.25 bits per heavy atom. The SMILES string of the molecule is CCCCCCC=CC(CC(=O)OCCCO)C(=O)OCCCO. The molecule has 6 heteroatoms. The molecule has 0 spiro atoms. The molecule has 0 aliphatic rings. The van der Waals surface area contributed by atoms with Gasteiger partial charge in [-0.1, -0.05) is 38.3 Å². The summed E-state index contributed by atoms with van der Waals surface area (Å²) in [6, 6.07) is 0. The fraction of sp³-hybridized carbons (Fsp3) is 0.778. The molecule has 0 heterocycles. The van der Waals surface area contributed by atoms with Crippen LogP contribution in [0.25, 0.3) is 0 Å². The van der Waals surface area contributed by atoms with Gasteiger partial charge in [0.2, 0.25) is 0 Å². The van der Waals surface area contributed by atoms with Crippen LogP contribution in [-0.2, 0) is 19.1 Å². The number of carbonyl (C=O) groups is 2. The highest BCUT2D eigenvalue weighted by Gasteiger charge is 2.21. The Morgan fingerprint density at radius 2 is 1.62 bits per heavy atom. The Labute approximate surface area is 144 Å². The molecule has 140 valence electrons. The molecule has 0 aromatic heterocycles. The van der Waals surface area contributed by atoms with E-state index in [4.69, 9.17) is 19.7 Å². The number of unbranched alkanes of at least 4 members (excludes halogenated alkanes) is 4. The number of hydrogen-bond donors (Lipinski definition) is 2. The summed E-state index contributed by atoms with van der Waals surface area (Å²) in [7, 11) is 0. The number of hydrogen-bond acceptors (Lipinski definition) is 6. The van der Waals surface area contributed by atoms with E-state index in [1.54, 1.807) is 6.08 Å². The lowest BCUT2D eigenvalue weighted by Crippen LogP contribution is -2.21. The normalized spacial score (nSPS) is 12.3. The van der Waals surface area contributed by atoms with Crippen LogP contribution in [0.2, 0.25) is 0 Å². The van der Waals surface area contributed by atoms with E-state index < -0.39 is 17.9 Å². The zero-order valence-corrected chi connectivity index (χ0v) is 14.7. The van der Waals surface area contributed by atoms with Crippen LogP contribution in [-0.4, -0.2) is 48.6 Å². The van der Waals surface area contributed by atoms with Gasteiger partial charge < -0.3 is 19.7 Å². The quantitative estimate of drug-likeness (QED) is 0.269. The molecular weight excluding hydrogens is 312 g/mol. The van der Waals surface area contributed by atoms with Crippen LogP contribution in [0.4, 0.5) is 0 Å². The van der Waals surface area contributed by atoms with Crippen molar-refractivity contribution in [2.45, 2.75) is 58.3 Å². The summed E-state index contributed by atoms with van der Waals surface area (Å²) >= 11 is 0. The first kappa shape index (κ1) is 22.6. The molecule has 0 rings (SSSR count). The van der Waals surface area contributed by atoms with Gasteiger partial charge in [0, 0.05) is 26.1 Å². The molecule has 6 nitrogen and oxygen atoms in total. The Hall–Kier alpha value is -1.40. The van der Waals surface area contributed by atoms with Crippen molar-refractivity contribution in [1.29, 1.82) is 0 Å². The van der Waals surface area contributed by atoms with E-state index in [2.05, 4.69) is 6.92 Å². The predicted molar refractivity (Wildman–Crippen MR) is 91.3 cm³/mol. The fourth-order valence-electron chi connectivity index (χ4n) is 2.01. The highest BCUT2D eigenvalue weighted by Crippen LogP contribution is 2.12. The summed E-state index contributed by atoms with van der Waals surface area (Å²) < 4.78 is 10.0. The molecule has 0 fully saturated rings. The second kappa shape index (κ2) is 16.5. The van der Waals surface area contributed by atoms with Gasteiger partial charge in [-0.3, -0.25) is 9.59 Å². The van der Waals surface area contributed by atoms with Gasteiger partial charge in [-0.2, -0.15) is 0 Å². The van der Waals surface area contributed by atoms with E-state index in [1.807, 2.05) is 6.08 Å². The number of aliphatic hydroxyl groups is 2. The van der Waals surface area contributed by atoms with Crippen LogP contribution >= 0.6 is 0 Å². The molecule has 0 saturated carbocycles. The van der Waals surface area contributed by atoms with Crippen molar-refractivity contribution in [2.75, 3.05) is 26.4 Å². The second-order valence-corrected chi connectivity index (χ2v) is 5.63. The minimum Gasteiger partial charge on any atom is -0.466 e. The molecule has 0 saturated heterocycles. The summed E-state index contributed by atoms with van der Waals surface area (Å²) in [5.74, 6) is -1.63. The van der Waals surface area contributed by atoms with E-state index in [-0.39, 0.29) is 32.8 Å². The maximum atomic E-state index is 12.0. The van der Waals surface area contributed by atoms with E-state index in [9.17, 15) is 9.59 Å². The van der Waals surface area contributed by atoms with Gasteiger partial charge in [-0.15, -0.1) is 0 Å². The maximum absolute atomic E-state index is 12.0. The molecule has 0 radical (unpaired) electrons. The number of aliphatic hydroxyl groups excluding tert-OH is 2. The van der Waals surface area contributed by atoms with Crippen molar-refractivity contribution in [1.82, 2.24) is 0 Å². The highest BCUT2D eigenvalue weighted by molar-refractivity contribution is 5.81. The first-order valence-electron chi connectivity index (χ1n) is 8.86. The third-order valence-electron chi connectivity index (χ3n) is 3.39. The van der Waals surface area contributed by atoms with E-state index >= 15 is 0 Å². The molecule has 1 unspecified atom stereocenters. The summed E-state index contributed by atoms with van der Waals surface area (Å²) in [5.41, 5.74) is 0. The molecule has 0 aromatic carbocycles. The largest absolute Gasteiger partial charge is 0.466 e. The molecule has 1 atom stereocenters. The number of esters is 2. The van der Waals surface area contributed by atoms with E-state index in [0.717, 1.165) is 19.3 Å². The van der Waals surface area contributed by atoms with Gasteiger partial charge in [0.15, 0.2) is 0 Å². The summed E-state index contributed by atoms with van der Waals surface area (Å²) in [4.78, 5) is 23.8. The topological polar surface area (TPSA) is 93.1 Å². The highest BCUT2D eigenvalue weighted by atomic mass is 16.5. The van der Waals surface area contributed by atoms with Gasteiger partial charge in [0.05, 0.1) is 25.6 Å². The van der Waals surface area contributed by atoms with Gasteiger partial charge in [0.25, 0.3) is 0 Å². The lowest BCUT2D eigenvalue weighted by atomic mass is 10.0. The lowest BCUT2D eigenvalue weighted by molar-refractivity contribution is -0.153. The van der Waals surface area contributed by atoms with E-state index in [1.165, 1.54) is 12.8 Å². The minimum atomic E-state index is -0.670. The smallest absolute Gasteiger partial charge is 0.313 e. The number of rotatable bonds is 15. The van der Waals surface area contributed by atoms with Crippen LogP contribution < -0.4 is 0 Å². The molecule has 0 aliphatic heterocycles. The first-order valence-corrected chi connectivity index (χ1v) is 8.86. The molecule has 2 N–H and O–H groups in total.